The fourth-order valence-corrected chi connectivity index (χ4v) is 2.84. The van der Waals surface area contributed by atoms with Crippen LogP contribution in [0.3, 0.4) is 0 Å². The third-order valence-corrected chi connectivity index (χ3v) is 4.32. The third-order valence-electron chi connectivity index (χ3n) is 4.32. The standard InChI is InChI=1S/C22H18N4O3/c27-21(19-14-23-15-26(19)18-5-2-1-3-6-18)24-13-16-8-10-17(11-9-16)25-22(28)20-7-4-12-29-20/h1-12,14-15H,13H2,(H,24,27)(H,25,28). The summed E-state index contributed by atoms with van der Waals surface area (Å²) in [4.78, 5) is 28.7. The zero-order chi connectivity index (χ0) is 20.1. The number of carbonyl (C=O) groups excluding carboxylic acids is 2. The molecule has 2 amide bonds. The molecule has 0 atom stereocenters. The molecule has 0 spiro atoms. The molecule has 2 aromatic heterocycles. The number of imidazole rings is 1. The van der Waals surface area contributed by atoms with Gasteiger partial charge < -0.3 is 15.1 Å². The van der Waals surface area contributed by atoms with Crippen molar-refractivity contribution in [2.45, 2.75) is 6.54 Å². The summed E-state index contributed by atoms with van der Waals surface area (Å²) >= 11 is 0. The second-order valence-electron chi connectivity index (χ2n) is 6.30. The molecule has 4 rings (SSSR count). The van der Waals surface area contributed by atoms with Crippen molar-refractivity contribution in [2.75, 3.05) is 5.32 Å². The van der Waals surface area contributed by atoms with Crippen LogP contribution in [0.15, 0.2) is 89.9 Å². The van der Waals surface area contributed by atoms with E-state index in [2.05, 4.69) is 15.6 Å². The highest BCUT2D eigenvalue weighted by Gasteiger charge is 2.13. The molecule has 0 bridgehead atoms. The maximum atomic E-state index is 12.6. The van der Waals surface area contributed by atoms with E-state index in [0.29, 0.717) is 17.9 Å². The van der Waals surface area contributed by atoms with Crippen molar-refractivity contribution in [1.29, 1.82) is 0 Å². The molecule has 0 aliphatic heterocycles. The predicted molar refractivity (Wildman–Crippen MR) is 108 cm³/mol. The number of furan rings is 1. The van der Waals surface area contributed by atoms with Crippen LogP contribution >= 0.6 is 0 Å². The summed E-state index contributed by atoms with van der Waals surface area (Å²) in [5, 5.41) is 5.64. The Bertz CT molecular complexity index is 1100. The van der Waals surface area contributed by atoms with Crippen LogP contribution in [-0.4, -0.2) is 21.4 Å². The van der Waals surface area contributed by atoms with Gasteiger partial charge in [0.25, 0.3) is 11.8 Å². The van der Waals surface area contributed by atoms with Crippen molar-refractivity contribution < 1.29 is 14.0 Å². The number of carbonyl (C=O) groups is 2. The molecule has 0 saturated heterocycles. The maximum absolute atomic E-state index is 12.6. The Morgan fingerprint density at radius 3 is 2.45 bits per heavy atom. The first-order valence-electron chi connectivity index (χ1n) is 9.00. The van der Waals surface area contributed by atoms with Crippen LogP contribution in [0.25, 0.3) is 5.69 Å². The summed E-state index contributed by atoms with van der Waals surface area (Å²) in [7, 11) is 0. The number of nitrogens with zero attached hydrogens (tertiary/aromatic N) is 2. The molecule has 7 heteroatoms. The van der Waals surface area contributed by atoms with E-state index in [1.807, 2.05) is 42.5 Å². The van der Waals surface area contributed by atoms with Gasteiger partial charge in [0, 0.05) is 17.9 Å². The average Bonchev–Trinajstić information content (AvgIpc) is 3.46. The van der Waals surface area contributed by atoms with Crippen LogP contribution in [0.5, 0.6) is 0 Å². The number of nitrogens with one attached hydrogen (secondary N) is 2. The molecule has 2 heterocycles. The Morgan fingerprint density at radius 1 is 0.931 bits per heavy atom. The lowest BCUT2D eigenvalue weighted by Crippen LogP contribution is -2.25. The molecule has 4 aromatic rings. The van der Waals surface area contributed by atoms with E-state index in [4.69, 9.17) is 4.42 Å². The number of anilines is 1. The highest BCUT2D eigenvalue weighted by atomic mass is 16.3. The second-order valence-corrected chi connectivity index (χ2v) is 6.30. The first-order chi connectivity index (χ1) is 14.2. The fourth-order valence-electron chi connectivity index (χ4n) is 2.84. The van der Waals surface area contributed by atoms with E-state index in [-0.39, 0.29) is 17.6 Å². The Kier molecular flexibility index (Phi) is 5.20. The lowest BCUT2D eigenvalue weighted by molar-refractivity contribution is 0.0943. The largest absolute Gasteiger partial charge is 0.459 e. The number of benzene rings is 2. The zero-order valence-corrected chi connectivity index (χ0v) is 15.4. The smallest absolute Gasteiger partial charge is 0.291 e. The topological polar surface area (TPSA) is 89.2 Å². The molecule has 29 heavy (non-hydrogen) atoms. The Balaban J connectivity index is 1.37. The van der Waals surface area contributed by atoms with Crippen molar-refractivity contribution in [3.05, 3.63) is 103 Å². The van der Waals surface area contributed by atoms with Crippen molar-refractivity contribution in [3.63, 3.8) is 0 Å². The van der Waals surface area contributed by atoms with E-state index in [1.165, 1.54) is 12.5 Å². The molecule has 2 N–H and O–H groups in total. The lowest BCUT2D eigenvalue weighted by Gasteiger charge is -2.09. The lowest BCUT2D eigenvalue weighted by atomic mass is 10.2. The van der Waals surface area contributed by atoms with Gasteiger partial charge in [-0.05, 0) is 42.0 Å². The monoisotopic (exact) mass is 386 g/mol. The number of hydrogen-bond acceptors (Lipinski definition) is 4. The molecule has 144 valence electrons. The predicted octanol–water partition coefficient (Wildman–Crippen LogP) is 3.65. The minimum Gasteiger partial charge on any atom is -0.459 e. The van der Waals surface area contributed by atoms with Crippen LogP contribution in [0.2, 0.25) is 0 Å². The van der Waals surface area contributed by atoms with Crippen molar-refractivity contribution in [2.24, 2.45) is 0 Å². The van der Waals surface area contributed by atoms with Gasteiger partial charge in [-0.3, -0.25) is 14.2 Å². The summed E-state index contributed by atoms with van der Waals surface area (Å²) in [6, 6.07) is 20.0. The van der Waals surface area contributed by atoms with Gasteiger partial charge >= 0.3 is 0 Å². The molecule has 0 fully saturated rings. The van der Waals surface area contributed by atoms with Crippen LogP contribution in [-0.2, 0) is 6.54 Å². The van der Waals surface area contributed by atoms with E-state index in [9.17, 15) is 9.59 Å². The van der Waals surface area contributed by atoms with Crippen LogP contribution in [0.4, 0.5) is 5.69 Å². The summed E-state index contributed by atoms with van der Waals surface area (Å²) < 4.78 is 6.81. The molecule has 0 saturated carbocycles. The maximum Gasteiger partial charge on any atom is 0.291 e. The number of para-hydroxylation sites is 1. The summed E-state index contributed by atoms with van der Waals surface area (Å²) in [5.74, 6) is -0.289. The average molecular weight is 386 g/mol. The molecule has 0 aliphatic carbocycles. The minimum atomic E-state index is -0.315. The van der Waals surface area contributed by atoms with Gasteiger partial charge in [0.2, 0.25) is 0 Å². The van der Waals surface area contributed by atoms with E-state index in [0.717, 1.165) is 11.3 Å². The van der Waals surface area contributed by atoms with Gasteiger partial charge in [-0.2, -0.15) is 0 Å². The summed E-state index contributed by atoms with van der Waals surface area (Å²) in [6.45, 7) is 0.352. The van der Waals surface area contributed by atoms with Crippen molar-refractivity contribution >= 4 is 17.5 Å². The van der Waals surface area contributed by atoms with Crippen molar-refractivity contribution in [3.8, 4) is 5.69 Å². The van der Waals surface area contributed by atoms with Gasteiger partial charge in [0.15, 0.2) is 5.76 Å². The number of aromatic nitrogens is 2. The molecular weight excluding hydrogens is 368 g/mol. The molecular formula is C22H18N4O3. The molecule has 0 unspecified atom stereocenters. The Hall–Kier alpha value is -4.13. The molecule has 0 aliphatic rings. The van der Waals surface area contributed by atoms with Gasteiger partial charge in [0.05, 0.1) is 18.8 Å². The molecule has 2 aromatic carbocycles. The number of amides is 2. The second kappa shape index (κ2) is 8.26. The first kappa shape index (κ1) is 18.2. The molecule has 0 radical (unpaired) electrons. The highest BCUT2D eigenvalue weighted by Crippen LogP contribution is 2.13. The Morgan fingerprint density at radius 2 is 1.72 bits per heavy atom. The van der Waals surface area contributed by atoms with E-state index >= 15 is 0 Å². The van der Waals surface area contributed by atoms with E-state index < -0.39 is 0 Å². The Labute approximate surface area is 167 Å². The van der Waals surface area contributed by atoms with Gasteiger partial charge in [0.1, 0.15) is 5.69 Å². The quantitative estimate of drug-likeness (QED) is 0.529. The normalized spacial score (nSPS) is 10.5. The first-order valence-corrected chi connectivity index (χ1v) is 9.00. The van der Waals surface area contributed by atoms with Gasteiger partial charge in [-0.25, -0.2) is 4.98 Å². The van der Waals surface area contributed by atoms with Gasteiger partial charge in [-0.1, -0.05) is 30.3 Å². The minimum absolute atomic E-state index is 0.221. The van der Waals surface area contributed by atoms with E-state index in [1.54, 1.807) is 35.2 Å². The summed E-state index contributed by atoms with van der Waals surface area (Å²) in [6.07, 6.45) is 4.60. The SMILES string of the molecule is O=C(Nc1ccc(CNC(=O)c2cncn2-c2ccccc2)cc1)c1ccco1. The van der Waals surface area contributed by atoms with Crippen LogP contribution in [0.1, 0.15) is 26.6 Å². The van der Waals surface area contributed by atoms with Gasteiger partial charge in [-0.15, -0.1) is 0 Å². The zero-order valence-electron chi connectivity index (χ0n) is 15.4. The fraction of sp³-hybridized carbons (Fsp3) is 0.0455. The van der Waals surface area contributed by atoms with Crippen LogP contribution in [0, 0.1) is 0 Å². The van der Waals surface area contributed by atoms with Crippen molar-refractivity contribution in [1.82, 2.24) is 14.9 Å². The van der Waals surface area contributed by atoms with Crippen LogP contribution < -0.4 is 10.6 Å². The molecule has 7 nitrogen and oxygen atoms in total. The third kappa shape index (κ3) is 4.24. The summed E-state index contributed by atoms with van der Waals surface area (Å²) in [5.41, 5.74) is 2.87. The highest BCUT2D eigenvalue weighted by molar-refractivity contribution is 6.02. The number of hydrogen-bond donors (Lipinski definition) is 2. The number of rotatable bonds is 6.